The molecule has 0 bridgehead atoms. The SMILES string of the molecule is O=C(Nc1cccc([N+](=O)[O-])c1)NC1CCCCN(Cc2cccc(Cl)c2)C1=O. The maximum Gasteiger partial charge on any atom is 0.319 e. The average Bonchev–Trinajstić information content (AvgIpc) is 2.84. The van der Waals surface area contributed by atoms with Gasteiger partial charge in [-0.2, -0.15) is 0 Å². The highest BCUT2D eigenvalue weighted by Gasteiger charge is 2.28. The summed E-state index contributed by atoms with van der Waals surface area (Å²) in [6, 6.07) is 11.7. The van der Waals surface area contributed by atoms with Crippen molar-refractivity contribution >= 4 is 34.9 Å². The number of nitrogens with one attached hydrogen (secondary N) is 2. The largest absolute Gasteiger partial charge is 0.337 e. The van der Waals surface area contributed by atoms with E-state index in [0.717, 1.165) is 18.4 Å². The van der Waals surface area contributed by atoms with Gasteiger partial charge in [-0.1, -0.05) is 29.8 Å². The average molecular weight is 417 g/mol. The zero-order chi connectivity index (χ0) is 20.8. The van der Waals surface area contributed by atoms with Crippen molar-refractivity contribution in [3.8, 4) is 0 Å². The van der Waals surface area contributed by atoms with E-state index in [1.807, 2.05) is 18.2 Å². The Bertz CT molecular complexity index is 921. The van der Waals surface area contributed by atoms with Crippen LogP contribution >= 0.6 is 11.6 Å². The Hall–Kier alpha value is -3.13. The molecule has 2 aromatic rings. The van der Waals surface area contributed by atoms with Crippen LogP contribution in [0.1, 0.15) is 24.8 Å². The number of urea groups is 1. The predicted molar refractivity (Wildman–Crippen MR) is 110 cm³/mol. The van der Waals surface area contributed by atoms with Crippen molar-refractivity contribution in [2.24, 2.45) is 0 Å². The lowest BCUT2D eigenvalue weighted by Gasteiger charge is -2.25. The van der Waals surface area contributed by atoms with E-state index in [9.17, 15) is 19.7 Å². The highest BCUT2D eigenvalue weighted by molar-refractivity contribution is 6.30. The topological polar surface area (TPSA) is 105 Å². The quantitative estimate of drug-likeness (QED) is 0.568. The molecule has 29 heavy (non-hydrogen) atoms. The number of hydrogen-bond acceptors (Lipinski definition) is 4. The van der Waals surface area contributed by atoms with Crippen LogP contribution in [0, 0.1) is 10.1 Å². The molecule has 1 unspecified atom stereocenters. The minimum Gasteiger partial charge on any atom is -0.337 e. The van der Waals surface area contributed by atoms with Gasteiger partial charge in [0.05, 0.1) is 4.92 Å². The van der Waals surface area contributed by atoms with Crippen LogP contribution in [0.4, 0.5) is 16.2 Å². The Kier molecular flexibility index (Phi) is 6.66. The van der Waals surface area contributed by atoms with Gasteiger partial charge in [0.15, 0.2) is 0 Å². The molecule has 1 saturated heterocycles. The standard InChI is InChI=1S/C20H21ClN4O4/c21-15-6-3-5-14(11-15)13-24-10-2-1-9-18(19(24)26)23-20(27)22-16-7-4-8-17(12-16)25(28)29/h3-8,11-12,18H,1-2,9-10,13H2,(H2,22,23,27). The molecule has 0 aliphatic carbocycles. The fourth-order valence-electron chi connectivity index (χ4n) is 3.27. The number of nitro groups is 1. The van der Waals surface area contributed by atoms with E-state index in [1.165, 1.54) is 18.2 Å². The van der Waals surface area contributed by atoms with Crippen LogP contribution in [-0.2, 0) is 11.3 Å². The molecular formula is C20H21ClN4O4. The number of anilines is 1. The Morgan fingerprint density at radius 3 is 2.76 bits per heavy atom. The number of nitro benzene ring substituents is 1. The first-order valence-corrected chi connectivity index (χ1v) is 9.65. The Balaban J connectivity index is 1.64. The van der Waals surface area contributed by atoms with Gasteiger partial charge in [-0.15, -0.1) is 0 Å². The number of carbonyl (C=O) groups is 2. The monoisotopic (exact) mass is 416 g/mol. The maximum absolute atomic E-state index is 12.9. The van der Waals surface area contributed by atoms with Gasteiger partial charge in [-0.25, -0.2) is 4.79 Å². The zero-order valence-corrected chi connectivity index (χ0v) is 16.4. The van der Waals surface area contributed by atoms with Crippen molar-refractivity contribution in [3.63, 3.8) is 0 Å². The summed E-state index contributed by atoms with van der Waals surface area (Å²) in [5.74, 6) is -0.156. The van der Waals surface area contributed by atoms with Gasteiger partial charge in [0.2, 0.25) is 5.91 Å². The van der Waals surface area contributed by atoms with Crippen LogP contribution in [0.15, 0.2) is 48.5 Å². The van der Waals surface area contributed by atoms with E-state index in [1.54, 1.807) is 17.0 Å². The summed E-state index contributed by atoms with van der Waals surface area (Å²) in [7, 11) is 0. The highest BCUT2D eigenvalue weighted by atomic mass is 35.5. The van der Waals surface area contributed by atoms with Crippen molar-refractivity contribution in [1.82, 2.24) is 10.2 Å². The molecule has 1 fully saturated rings. The number of likely N-dealkylation sites (tertiary alicyclic amines) is 1. The van der Waals surface area contributed by atoms with Gasteiger partial charge in [0.1, 0.15) is 6.04 Å². The maximum atomic E-state index is 12.9. The lowest BCUT2D eigenvalue weighted by Crippen LogP contribution is -2.48. The third kappa shape index (κ3) is 5.68. The Morgan fingerprint density at radius 2 is 2.00 bits per heavy atom. The molecule has 2 aromatic carbocycles. The number of hydrogen-bond donors (Lipinski definition) is 2. The predicted octanol–water partition coefficient (Wildman–Crippen LogP) is 3.95. The van der Waals surface area contributed by atoms with Crippen molar-refractivity contribution < 1.29 is 14.5 Å². The molecule has 1 aliphatic rings. The minimum atomic E-state index is -0.657. The van der Waals surface area contributed by atoms with E-state index >= 15 is 0 Å². The lowest BCUT2D eigenvalue weighted by molar-refractivity contribution is -0.384. The molecule has 2 N–H and O–H groups in total. The van der Waals surface area contributed by atoms with Crippen LogP contribution in [-0.4, -0.2) is 34.3 Å². The zero-order valence-electron chi connectivity index (χ0n) is 15.6. The highest BCUT2D eigenvalue weighted by Crippen LogP contribution is 2.19. The van der Waals surface area contributed by atoms with Gasteiger partial charge < -0.3 is 15.5 Å². The first-order valence-electron chi connectivity index (χ1n) is 9.27. The first kappa shape index (κ1) is 20.6. The molecule has 0 aromatic heterocycles. The smallest absolute Gasteiger partial charge is 0.319 e. The second-order valence-electron chi connectivity index (χ2n) is 6.84. The molecule has 3 amide bonds. The molecule has 8 nitrogen and oxygen atoms in total. The first-order chi connectivity index (χ1) is 13.9. The Morgan fingerprint density at radius 1 is 1.21 bits per heavy atom. The summed E-state index contributed by atoms with van der Waals surface area (Å²) in [4.78, 5) is 37.3. The van der Waals surface area contributed by atoms with E-state index in [4.69, 9.17) is 11.6 Å². The summed E-state index contributed by atoms with van der Waals surface area (Å²) >= 11 is 6.03. The summed E-state index contributed by atoms with van der Waals surface area (Å²) < 4.78 is 0. The molecule has 1 heterocycles. The third-order valence-electron chi connectivity index (χ3n) is 4.66. The van der Waals surface area contributed by atoms with Crippen molar-refractivity contribution in [3.05, 3.63) is 69.2 Å². The number of rotatable bonds is 5. The summed E-state index contributed by atoms with van der Waals surface area (Å²) in [5, 5.41) is 16.7. The van der Waals surface area contributed by atoms with Gasteiger partial charge >= 0.3 is 6.03 Å². The molecule has 9 heteroatoms. The molecule has 152 valence electrons. The van der Waals surface area contributed by atoms with E-state index in [2.05, 4.69) is 10.6 Å². The van der Waals surface area contributed by atoms with Crippen LogP contribution in [0.3, 0.4) is 0 Å². The number of amides is 3. The van der Waals surface area contributed by atoms with Crippen LogP contribution in [0.5, 0.6) is 0 Å². The number of carbonyl (C=O) groups excluding carboxylic acids is 2. The summed E-state index contributed by atoms with van der Waals surface area (Å²) in [5.41, 5.74) is 1.09. The van der Waals surface area contributed by atoms with Gasteiger partial charge in [0, 0.05) is 35.9 Å². The van der Waals surface area contributed by atoms with Gasteiger partial charge in [0.25, 0.3) is 5.69 Å². The number of halogens is 1. The van der Waals surface area contributed by atoms with Crippen molar-refractivity contribution in [2.45, 2.75) is 31.8 Å². The lowest BCUT2D eigenvalue weighted by atomic mass is 10.1. The number of non-ortho nitro benzene ring substituents is 1. The number of nitrogens with zero attached hydrogens (tertiary/aromatic N) is 2. The fourth-order valence-corrected chi connectivity index (χ4v) is 3.49. The van der Waals surface area contributed by atoms with Crippen LogP contribution < -0.4 is 10.6 Å². The molecule has 0 radical (unpaired) electrons. The number of benzene rings is 2. The van der Waals surface area contributed by atoms with Crippen LogP contribution in [0.25, 0.3) is 0 Å². The molecule has 1 aliphatic heterocycles. The molecule has 0 spiro atoms. The van der Waals surface area contributed by atoms with E-state index in [-0.39, 0.29) is 17.3 Å². The summed E-state index contributed by atoms with van der Waals surface area (Å²) in [6.07, 6.45) is 2.18. The second kappa shape index (κ2) is 9.38. The Labute approximate surface area is 173 Å². The van der Waals surface area contributed by atoms with Crippen LogP contribution in [0.2, 0.25) is 5.02 Å². The van der Waals surface area contributed by atoms with Gasteiger partial charge in [-0.3, -0.25) is 14.9 Å². The van der Waals surface area contributed by atoms with E-state index in [0.29, 0.717) is 24.5 Å². The fraction of sp³-hybridized carbons (Fsp3) is 0.300. The van der Waals surface area contributed by atoms with Crippen molar-refractivity contribution in [1.29, 1.82) is 0 Å². The normalized spacial score (nSPS) is 16.8. The molecule has 0 saturated carbocycles. The van der Waals surface area contributed by atoms with Crippen molar-refractivity contribution in [2.75, 3.05) is 11.9 Å². The molecule has 3 rings (SSSR count). The molecular weight excluding hydrogens is 396 g/mol. The minimum absolute atomic E-state index is 0.124. The third-order valence-corrected chi connectivity index (χ3v) is 4.90. The van der Waals surface area contributed by atoms with E-state index < -0.39 is 17.0 Å². The second-order valence-corrected chi connectivity index (χ2v) is 7.28. The summed E-state index contributed by atoms with van der Waals surface area (Å²) in [6.45, 7) is 1.03. The molecule has 1 atom stereocenters. The van der Waals surface area contributed by atoms with Gasteiger partial charge in [-0.05, 0) is 43.0 Å².